The maximum absolute atomic E-state index is 14.0. The zero-order valence-corrected chi connectivity index (χ0v) is 24.3. The lowest BCUT2D eigenvalue weighted by Crippen LogP contribution is -2.59. The summed E-state index contributed by atoms with van der Waals surface area (Å²) in [6.07, 6.45) is 1.17. The molecule has 1 fully saturated rings. The summed E-state index contributed by atoms with van der Waals surface area (Å²) in [6, 6.07) is 7.03. The lowest BCUT2D eigenvalue weighted by molar-refractivity contribution is -0.158. The largest absolute Gasteiger partial charge is 0.458 e. The van der Waals surface area contributed by atoms with Gasteiger partial charge in [-0.25, -0.2) is 4.79 Å². The van der Waals surface area contributed by atoms with Gasteiger partial charge in [-0.2, -0.15) is 12.6 Å². The van der Waals surface area contributed by atoms with Crippen LogP contribution in [0.4, 0.5) is 0 Å². The maximum atomic E-state index is 14.0. The number of hydrogen-bond donors (Lipinski definition) is 4. The predicted molar refractivity (Wildman–Crippen MR) is 151 cm³/mol. The van der Waals surface area contributed by atoms with Gasteiger partial charge in [0.1, 0.15) is 17.7 Å². The Kier molecular flexibility index (Phi) is 11.2. The number of carbonyl (C=O) groups is 4. The number of hydrogen-bond acceptors (Lipinski definition) is 7. The second-order valence-corrected chi connectivity index (χ2v) is 11.8. The van der Waals surface area contributed by atoms with Crippen LogP contribution in [0.25, 0.3) is 0 Å². The molecule has 0 aromatic heterocycles. The van der Waals surface area contributed by atoms with Gasteiger partial charge in [0, 0.05) is 18.8 Å². The Balaban J connectivity index is 2.25. The molecule has 4 N–H and O–H groups in total. The number of ether oxygens (including phenoxy) is 1. The van der Waals surface area contributed by atoms with Crippen LogP contribution in [0.3, 0.4) is 0 Å². The lowest BCUT2D eigenvalue weighted by atomic mass is 9.71. The topological polar surface area (TPSA) is 131 Å². The molecule has 1 saturated heterocycles. The third-order valence-corrected chi connectivity index (χ3v) is 7.04. The van der Waals surface area contributed by atoms with Crippen LogP contribution < -0.4 is 16.4 Å². The van der Waals surface area contributed by atoms with E-state index >= 15 is 0 Å². The number of amides is 3. The van der Waals surface area contributed by atoms with E-state index in [1.807, 2.05) is 44.2 Å². The van der Waals surface area contributed by atoms with Gasteiger partial charge >= 0.3 is 5.97 Å². The molecule has 0 unspecified atom stereocenters. The molecule has 1 aromatic carbocycles. The molecule has 3 amide bonds. The monoisotopic (exact) mass is 548 g/mol. The molecule has 0 spiro atoms. The summed E-state index contributed by atoms with van der Waals surface area (Å²) in [4.78, 5) is 54.0. The summed E-state index contributed by atoms with van der Waals surface area (Å²) in [5, 5.41) is 5.69. The molecular formula is C28H44N4O5S. The second-order valence-electron chi connectivity index (χ2n) is 11.5. The average molecular weight is 549 g/mol. The van der Waals surface area contributed by atoms with Gasteiger partial charge in [0.15, 0.2) is 0 Å². The van der Waals surface area contributed by atoms with Crippen LogP contribution in [0.1, 0.15) is 66.4 Å². The summed E-state index contributed by atoms with van der Waals surface area (Å²) in [7, 11) is 0. The number of likely N-dealkylation sites (tertiary alicyclic amines) is 1. The van der Waals surface area contributed by atoms with Gasteiger partial charge in [0.05, 0.1) is 11.5 Å². The number of rotatable bonds is 10. The zero-order chi connectivity index (χ0) is 28.7. The van der Waals surface area contributed by atoms with E-state index in [4.69, 9.17) is 10.5 Å². The highest BCUT2D eigenvalue weighted by molar-refractivity contribution is 7.80. The molecule has 1 aliphatic heterocycles. The van der Waals surface area contributed by atoms with Gasteiger partial charge in [-0.3, -0.25) is 14.4 Å². The number of carbonyl (C=O) groups excluding carboxylic acids is 4. The Morgan fingerprint density at radius 2 is 1.63 bits per heavy atom. The number of thiol groups is 1. The Bertz CT molecular complexity index is 971. The molecular weight excluding hydrogens is 504 g/mol. The molecule has 10 heteroatoms. The predicted octanol–water partition coefficient (Wildman–Crippen LogP) is 2.18. The van der Waals surface area contributed by atoms with E-state index < -0.39 is 41.0 Å². The van der Waals surface area contributed by atoms with E-state index in [0.717, 1.165) is 5.56 Å². The number of nitrogens with two attached hydrogens (primary N) is 1. The Morgan fingerprint density at radius 3 is 2.13 bits per heavy atom. The molecule has 2 rings (SSSR count). The van der Waals surface area contributed by atoms with Gasteiger partial charge in [-0.1, -0.05) is 44.2 Å². The van der Waals surface area contributed by atoms with Crippen molar-refractivity contribution in [3.63, 3.8) is 0 Å². The van der Waals surface area contributed by atoms with Gasteiger partial charge < -0.3 is 26.0 Å². The highest BCUT2D eigenvalue weighted by atomic mass is 32.1. The first-order valence-corrected chi connectivity index (χ1v) is 13.9. The van der Waals surface area contributed by atoms with Gasteiger partial charge in [0.2, 0.25) is 17.7 Å². The number of piperidine rings is 1. The molecule has 38 heavy (non-hydrogen) atoms. The standard InChI is InChI=1S/C28H44N4O5S/c1-18(2)16-22(23(33)30-19(3)25(35)37-27(4,5)6)31-26(36)28(20-10-8-7-9-11-20)12-14-32(15-13-28)24(34)21(29)17-38/h7-11,18-19,21-22,38H,12-17,29H2,1-6H3,(H,30,33)(H,31,36)/t19-,21-,22-/m0/s1. The minimum absolute atomic E-state index is 0.109. The summed E-state index contributed by atoms with van der Waals surface area (Å²) < 4.78 is 5.38. The van der Waals surface area contributed by atoms with Crippen LogP contribution in [0, 0.1) is 5.92 Å². The normalized spacial score (nSPS) is 17.8. The Morgan fingerprint density at radius 1 is 1.05 bits per heavy atom. The minimum atomic E-state index is -0.921. The van der Waals surface area contributed by atoms with Crippen LogP contribution in [-0.4, -0.2) is 71.2 Å². The minimum Gasteiger partial charge on any atom is -0.458 e. The van der Waals surface area contributed by atoms with E-state index in [1.165, 1.54) is 0 Å². The molecule has 1 aromatic rings. The highest BCUT2D eigenvalue weighted by Crippen LogP contribution is 2.36. The van der Waals surface area contributed by atoms with Crippen molar-refractivity contribution in [3.05, 3.63) is 35.9 Å². The highest BCUT2D eigenvalue weighted by Gasteiger charge is 2.45. The lowest BCUT2D eigenvalue weighted by Gasteiger charge is -2.42. The van der Waals surface area contributed by atoms with E-state index in [1.54, 1.807) is 32.6 Å². The van der Waals surface area contributed by atoms with Crippen molar-refractivity contribution >= 4 is 36.3 Å². The third-order valence-electron chi connectivity index (χ3n) is 6.65. The van der Waals surface area contributed by atoms with Crippen molar-refractivity contribution in [2.45, 2.75) is 89.9 Å². The van der Waals surface area contributed by atoms with Crippen molar-refractivity contribution in [2.24, 2.45) is 11.7 Å². The van der Waals surface area contributed by atoms with Crippen LogP contribution in [-0.2, 0) is 29.3 Å². The summed E-state index contributed by atoms with van der Waals surface area (Å²) >= 11 is 4.14. The smallest absolute Gasteiger partial charge is 0.328 e. The van der Waals surface area contributed by atoms with E-state index in [2.05, 4.69) is 23.3 Å². The number of nitrogens with one attached hydrogen (secondary N) is 2. The van der Waals surface area contributed by atoms with Gasteiger partial charge in [0.25, 0.3) is 0 Å². The zero-order valence-electron chi connectivity index (χ0n) is 23.5. The van der Waals surface area contributed by atoms with E-state index in [0.29, 0.717) is 32.4 Å². The van der Waals surface area contributed by atoms with E-state index in [9.17, 15) is 19.2 Å². The first-order valence-electron chi connectivity index (χ1n) is 13.2. The molecule has 1 aliphatic rings. The number of nitrogens with zero attached hydrogens (tertiary/aromatic N) is 1. The van der Waals surface area contributed by atoms with E-state index in [-0.39, 0.29) is 23.5 Å². The Labute approximate surface area is 232 Å². The molecule has 0 saturated carbocycles. The fraction of sp³-hybridized carbons (Fsp3) is 0.643. The second kappa shape index (κ2) is 13.5. The molecule has 3 atom stereocenters. The fourth-order valence-corrected chi connectivity index (χ4v) is 4.74. The third kappa shape index (κ3) is 8.46. The summed E-state index contributed by atoms with van der Waals surface area (Å²) in [6.45, 7) is 11.5. The SMILES string of the molecule is CC(C)C[C@H](NC(=O)C1(c2ccccc2)CCN(C(=O)[C@@H](N)CS)CC1)C(=O)N[C@@H](C)C(=O)OC(C)(C)C. The summed E-state index contributed by atoms with van der Waals surface area (Å²) in [5.74, 6) is -1.10. The van der Waals surface area contributed by atoms with Gasteiger partial charge in [-0.05, 0) is 58.4 Å². The van der Waals surface area contributed by atoms with Crippen LogP contribution in [0.2, 0.25) is 0 Å². The van der Waals surface area contributed by atoms with Crippen molar-refractivity contribution in [3.8, 4) is 0 Å². The van der Waals surface area contributed by atoms with Crippen LogP contribution in [0.5, 0.6) is 0 Å². The Hall–Kier alpha value is -2.59. The maximum Gasteiger partial charge on any atom is 0.328 e. The first-order chi connectivity index (χ1) is 17.7. The van der Waals surface area contributed by atoms with Crippen LogP contribution >= 0.6 is 12.6 Å². The molecule has 0 radical (unpaired) electrons. The summed E-state index contributed by atoms with van der Waals surface area (Å²) in [5.41, 5.74) is 5.12. The first kappa shape index (κ1) is 31.6. The number of esters is 1. The molecule has 9 nitrogen and oxygen atoms in total. The molecule has 0 aliphatic carbocycles. The van der Waals surface area contributed by atoms with Crippen molar-refractivity contribution < 1.29 is 23.9 Å². The van der Waals surface area contributed by atoms with Crippen molar-refractivity contribution in [1.82, 2.24) is 15.5 Å². The fourth-order valence-electron chi connectivity index (χ4n) is 4.59. The van der Waals surface area contributed by atoms with Gasteiger partial charge in [-0.15, -0.1) is 0 Å². The number of benzene rings is 1. The van der Waals surface area contributed by atoms with Crippen molar-refractivity contribution in [2.75, 3.05) is 18.8 Å². The van der Waals surface area contributed by atoms with Crippen LogP contribution in [0.15, 0.2) is 30.3 Å². The average Bonchev–Trinajstić information content (AvgIpc) is 2.86. The molecule has 1 heterocycles. The molecule has 0 bridgehead atoms. The molecule has 212 valence electrons. The van der Waals surface area contributed by atoms with Crippen molar-refractivity contribution in [1.29, 1.82) is 0 Å². The quantitative estimate of drug-likeness (QED) is 0.262.